The van der Waals surface area contributed by atoms with Gasteiger partial charge in [-0.25, -0.2) is 4.98 Å². The quantitative estimate of drug-likeness (QED) is 0.822. The van der Waals surface area contributed by atoms with Crippen molar-refractivity contribution >= 4 is 16.3 Å². The molecule has 1 atom stereocenters. The van der Waals surface area contributed by atoms with Crippen molar-refractivity contribution < 1.29 is 0 Å². The predicted octanol–water partition coefficient (Wildman–Crippen LogP) is 0.929. The first-order valence-corrected chi connectivity index (χ1v) is 6.08. The van der Waals surface area contributed by atoms with Crippen LogP contribution in [0.4, 0.5) is 0 Å². The number of fused-ring (bicyclic) bond motifs is 1. The van der Waals surface area contributed by atoms with E-state index >= 15 is 0 Å². The fourth-order valence-corrected chi connectivity index (χ4v) is 2.81. The molecule has 0 radical (unpaired) electrons. The average Bonchev–Trinajstić information content (AvgIpc) is 2.81. The van der Waals surface area contributed by atoms with Crippen LogP contribution in [0.1, 0.15) is 12.1 Å². The Hall–Kier alpha value is -0.910. The molecule has 3 heterocycles. The Labute approximate surface area is 92.3 Å². The van der Waals surface area contributed by atoms with Crippen LogP contribution in [0.3, 0.4) is 0 Å². The molecule has 1 saturated heterocycles. The number of aromatic nitrogens is 2. The second kappa shape index (κ2) is 3.59. The highest BCUT2D eigenvalue weighted by atomic mass is 32.1. The van der Waals surface area contributed by atoms with Gasteiger partial charge in [0.25, 0.3) is 0 Å². The zero-order valence-corrected chi connectivity index (χ0v) is 9.28. The predicted molar refractivity (Wildman–Crippen MR) is 60.9 cm³/mol. The Morgan fingerprint density at radius 1 is 1.60 bits per heavy atom. The van der Waals surface area contributed by atoms with Crippen LogP contribution in [0, 0.1) is 0 Å². The van der Waals surface area contributed by atoms with Gasteiger partial charge in [-0.05, 0) is 6.42 Å². The maximum atomic E-state index is 5.87. The van der Waals surface area contributed by atoms with Crippen LogP contribution in [0.2, 0.25) is 0 Å². The first-order chi connectivity index (χ1) is 7.31. The third-order valence-electron chi connectivity index (χ3n) is 2.84. The molecule has 0 bridgehead atoms. The molecule has 15 heavy (non-hydrogen) atoms. The van der Waals surface area contributed by atoms with Crippen molar-refractivity contribution in [1.29, 1.82) is 0 Å². The monoisotopic (exact) mass is 222 g/mol. The second-order valence-electron chi connectivity index (χ2n) is 4.11. The third-order valence-corrected chi connectivity index (χ3v) is 3.61. The summed E-state index contributed by atoms with van der Waals surface area (Å²) in [6, 6.07) is 0.355. The second-order valence-corrected chi connectivity index (χ2v) is 4.98. The lowest BCUT2D eigenvalue weighted by Crippen LogP contribution is -2.26. The molecule has 1 aliphatic rings. The molecule has 1 fully saturated rings. The van der Waals surface area contributed by atoms with E-state index in [9.17, 15) is 0 Å². The summed E-state index contributed by atoms with van der Waals surface area (Å²) in [5, 5.41) is 2.05. The van der Waals surface area contributed by atoms with Gasteiger partial charge in [0.1, 0.15) is 0 Å². The fourth-order valence-electron chi connectivity index (χ4n) is 2.09. The summed E-state index contributed by atoms with van der Waals surface area (Å²) in [5.41, 5.74) is 7.02. The lowest BCUT2D eigenvalue weighted by atomic mass is 10.3. The minimum absolute atomic E-state index is 0.355. The number of imidazole rings is 1. The molecule has 1 aliphatic heterocycles. The largest absolute Gasteiger partial charge is 0.326 e. The van der Waals surface area contributed by atoms with Gasteiger partial charge in [0.05, 0.1) is 5.69 Å². The first-order valence-electron chi connectivity index (χ1n) is 5.20. The maximum Gasteiger partial charge on any atom is 0.193 e. The number of nitrogens with zero attached hydrogens (tertiary/aromatic N) is 3. The Bertz CT molecular complexity index is 432. The number of nitrogens with two attached hydrogens (primary N) is 1. The Morgan fingerprint density at radius 2 is 2.53 bits per heavy atom. The Balaban J connectivity index is 1.75. The van der Waals surface area contributed by atoms with Gasteiger partial charge in [0, 0.05) is 43.4 Å². The molecule has 2 aromatic heterocycles. The van der Waals surface area contributed by atoms with Crippen molar-refractivity contribution in [3.05, 3.63) is 23.5 Å². The summed E-state index contributed by atoms with van der Waals surface area (Å²) in [6.45, 7) is 3.04. The summed E-state index contributed by atoms with van der Waals surface area (Å²) in [4.78, 5) is 8.01. The normalized spacial score (nSPS) is 22.9. The molecule has 0 saturated carbocycles. The van der Waals surface area contributed by atoms with Crippen molar-refractivity contribution in [3.8, 4) is 0 Å². The zero-order valence-electron chi connectivity index (χ0n) is 8.47. The highest BCUT2D eigenvalue weighted by Gasteiger charge is 2.19. The van der Waals surface area contributed by atoms with E-state index in [1.807, 2.05) is 6.20 Å². The van der Waals surface area contributed by atoms with E-state index in [1.54, 1.807) is 11.3 Å². The molecule has 2 N–H and O–H groups in total. The average molecular weight is 222 g/mol. The van der Waals surface area contributed by atoms with E-state index < -0.39 is 0 Å². The molecule has 4 nitrogen and oxygen atoms in total. The van der Waals surface area contributed by atoms with E-state index in [0.29, 0.717) is 6.04 Å². The van der Waals surface area contributed by atoms with Crippen LogP contribution in [-0.2, 0) is 6.54 Å². The highest BCUT2D eigenvalue weighted by Crippen LogP contribution is 2.15. The molecule has 0 aromatic carbocycles. The minimum Gasteiger partial charge on any atom is -0.326 e. The molecular weight excluding hydrogens is 208 g/mol. The van der Waals surface area contributed by atoms with E-state index in [2.05, 4.69) is 25.9 Å². The van der Waals surface area contributed by atoms with Crippen LogP contribution in [0.15, 0.2) is 17.8 Å². The van der Waals surface area contributed by atoms with Gasteiger partial charge in [-0.15, -0.1) is 11.3 Å². The number of rotatable bonds is 2. The van der Waals surface area contributed by atoms with Crippen molar-refractivity contribution in [1.82, 2.24) is 14.3 Å². The zero-order chi connectivity index (χ0) is 10.3. The summed E-state index contributed by atoms with van der Waals surface area (Å²) in [5.74, 6) is 0. The van der Waals surface area contributed by atoms with Crippen LogP contribution in [0.25, 0.3) is 4.96 Å². The minimum atomic E-state index is 0.355. The Morgan fingerprint density at radius 3 is 3.27 bits per heavy atom. The van der Waals surface area contributed by atoms with Gasteiger partial charge in [-0.2, -0.15) is 0 Å². The van der Waals surface area contributed by atoms with Crippen LogP contribution >= 0.6 is 11.3 Å². The molecule has 3 rings (SSSR count). The van der Waals surface area contributed by atoms with Gasteiger partial charge >= 0.3 is 0 Å². The standard InChI is InChI=1S/C10H14N4S/c11-8-1-2-13(5-8)6-9-7-14-3-4-15-10(14)12-9/h3-4,7-8H,1-2,5-6,11H2. The fraction of sp³-hybridized carbons (Fsp3) is 0.500. The molecule has 0 amide bonds. The lowest BCUT2D eigenvalue weighted by Gasteiger charge is -2.12. The maximum absolute atomic E-state index is 5.87. The van der Waals surface area contributed by atoms with E-state index in [4.69, 9.17) is 5.73 Å². The Kier molecular flexibility index (Phi) is 2.23. The summed E-state index contributed by atoms with van der Waals surface area (Å²) >= 11 is 1.68. The first kappa shape index (κ1) is 9.33. The van der Waals surface area contributed by atoms with E-state index in [-0.39, 0.29) is 0 Å². The summed E-state index contributed by atoms with van der Waals surface area (Å²) < 4.78 is 2.08. The van der Waals surface area contributed by atoms with E-state index in [1.165, 1.54) is 0 Å². The molecule has 5 heteroatoms. The molecule has 1 unspecified atom stereocenters. The van der Waals surface area contributed by atoms with Crippen molar-refractivity contribution in [2.24, 2.45) is 5.73 Å². The van der Waals surface area contributed by atoms with Gasteiger partial charge in [0.15, 0.2) is 4.96 Å². The van der Waals surface area contributed by atoms with Crippen molar-refractivity contribution in [3.63, 3.8) is 0 Å². The van der Waals surface area contributed by atoms with Crippen LogP contribution < -0.4 is 5.73 Å². The van der Waals surface area contributed by atoms with Crippen LogP contribution in [0.5, 0.6) is 0 Å². The third kappa shape index (κ3) is 1.78. The summed E-state index contributed by atoms with van der Waals surface area (Å²) in [7, 11) is 0. The topological polar surface area (TPSA) is 46.6 Å². The number of thiazole rings is 1. The number of hydrogen-bond acceptors (Lipinski definition) is 4. The SMILES string of the molecule is NC1CCN(Cc2cn3ccsc3n2)C1. The number of likely N-dealkylation sites (tertiary alicyclic amines) is 1. The number of hydrogen-bond donors (Lipinski definition) is 1. The van der Waals surface area contributed by atoms with Gasteiger partial charge in [0.2, 0.25) is 0 Å². The lowest BCUT2D eigenvalue weighted by molar-refractivity contribution is 0.323. The molecule has 2 aromatic rings. The molecular formula is C10H14N4S. The summed E-state index contributed by atoms with van der Waals surface area (Å²) in [6.07, 6.45) is 5.27. The molecule has 80 valence electrons. The smallest absolute Gasteiger partial charge is 0.193 e. The van der Waals surface area contributed by atoms with Crippen molar-refractivity contribution in [2.45, 2.75) is 19.0 Å². The van der Waals surface area contributed by atoms with Gasteiger partial charge < -0.3 is 5.73 Å². The highest BCUT2D eigenvalue weighted by molar-refractivity contribution is 7.15. The van der Waals surface area contributed by atoms with E-state index in [0.717, 1.165) is 36.7 Å². The molecule has 0 spiro atoms. The van der Waals surface area contributed by atoms with Gasteiger partial charge in [-0.1, -0.05) is 0 Å². The van der Waals surface area contributed by atoms with Crippen molar-refractivity contribution in [2.75, 3.05) is 13.1 Å². The van der Waals surface area contributed by atoms with Crippen LogP contribution in [-0.4, -0.2) is 33.4 Å². The van der Waals surface area contributed by atoms with Gasteiger partial charge in [-0.3, -0.25) is 9.30 Å². The molecule has 0 aliphatic carbocycles.